The molecule has 1 aromatic heterocycles. The second-order valence-electron chi connectivity index (χ2n) is 7.01. The fourth-order valence-electron chi connectivity index (χ4n) is 3.25. The summed E-state index contributed by atoms with van der Waals surface area (Å²) in [5.74, 6) is 0.783. The third-order valence-electron chi connectivity index (χ3n) is 4.82. The number of halogens is 1. The molecule has 0 spiro atoms. The number of carbonyl (C=O) groups is 1. The Bertz CT molecular complexity index is 725. The SMILES string of the molecule is CCCNC(=O)c1ccc(NC2CCN(Cc3ccc(Br)cc3)CC2)nc1. The molecule has 2 N–H and O–H groups in total. The molecule has 144 valence electrons. The fraction of sp³-hybridized carbons (Fsp3) is 0.429. The first-order valence-corrected chi connectivity index (χ1v) is 10.4. The monoisotopic (exact) mass is 430 g/mol. The van der Waals surface area contributed by atoms with Gasteiger partial charge in [-0.1, -0.05) is 35.0 Å². The van der Waals surface area contributed by atoms with E-state index in [1.807, 2.05) is 19.1 Å². The molecule has 2 aromatic rings. The number of anilines is 1. The van der Waals surface area contributed by atoms with E-state index in [1.54, 1.807) is 6.20 Å². The molecule has 1 aromatic carbocycles. The van der Waals surface area contributed by atoms with Gasteiger partial charge >= 0.3 is 0 Å². The highest BCUT2D eigenvalue weighted by molar-refractivity contribution is 9.10. The Kier molecular flexibility index (Phi) is 7.24. The summed E-state index contributed by atoms with van der Waals surface area (Å²) in [4.78, 5) is 18.8. The van der Waals surface area contributed by atoms with Crippen LogP contribution < -0.4 is 10.6 Å². The first kappa shape index (κ1) is 19.8. The number of aromatic nitrogens is 1. The lowest BCUT2D eigenvalue weighted by molar-refractivity contribution is 0.0953. The number of rotatable bonds is 7. The molecule has 0 aliphatic carbocycles. The third-order valence-corrected chi connectivity index (χ3v) is 5.35. The molecule has 27 heavy (non-hydrogen) atoms. The van der Waals surface area contributed by atoms with E-state index < -0.39 is 0 Å². The standard InChI is InChI=1S/C21H27BrN4O/c1-2-11-23-21(27)17-5-8-20(24-14-17)25-19-9-12-26(13-10-19)15-16-3-6-18(22)7-4-16/h3-8,14,19H,2,9-13,15H2,1H3,(H,23,27)(H,24,25). The summed E-state index contributed by atoms with van der Waals surface area (Å²) in [7, 11) is 0. The molecule has 1 amide bonds. The maximum absolute atomic E-state index is 11.9. The van der Waals surface area contributed by atoms with E-state index in [2.05, 4.69) is 60.7 Å². The second kappa shape index (κ2) is 9.85. The number of piperidine rings is 1. The number of hydrogen-bond donors (Lipinski definition) is 2. The zero-order chi connectivity index (χ0) is 19.1. The predicted octanol–water partition coefficient (Wildman–Crippen LogP) is 4.06. The largest absolute Gasteiger partial charge is 0.367 e. The summed E-state index contributed by atoms with van der Waals surface area (Å²) >= 11 is 3.48. The van der Waals surface area contributed by atoms with Gasteiger partial charge in [-0.05, 0) is 49.1 Å². The van der Waals surface area contributed by atoms with Crippen LogP contribution in [0.3, 0.4) is 0 Å². The summed E-state index contributed by atoms with van der Waals surface area (Å²) in [5.41, 5.74) is 1.96. The number of pyridine rings is 1. The number of hydrogen-bond acceptors (Lipinski definition) is 4. The third kappa shape index (κ3) is 6.04. The molecule has 5 nitrogen and oxygen atoms in total. The average Bonchev–Trinajstić information content (AvgIpc) is 2.70. The molecule has 2 heterocycles. The summed E-state index contributed by atoms with van der Waals surface area (Å²) < 4.78 is 1.12. The van der Waals surface area contributed by atoms with E-state index in [4.69, 9.17) is 0 Å². The van der Waals surface area contributed by atoms with E-state index in [9.17, 15) is 4.79 Å². The molecule has 0 atom stereocenters. The van der Waals surface area contributed by atoms with E-state index >= 15 is 0 Å². The molecule has 1 aliphatic heterocycles. The van der Waals surface area contributed by atoms with Crippen LogP contribution in [0.2, 0.25) is 0 Å². The normalized spacial score (nSPS) is 15.5. The summed E-state index contributed by atoms with van der Waals surface area (Å²) in [6.45, 7) is 5.88. The Morgan fingerprint density at radius 2 is 1.93 bits per heavy atom. The lowest BCUT2D eigenvalue weighted by atomic mass is 10.0. The van der Waals surface area contributed by atoms with Crippen LogP contribution in [0.25, 0.3) is 0 Å². The van der Waals surface area contributed by atoms with Gasteiger partial charge in [0.2, 0.25) is 0 Å². The molecule has 6 heteroatoms. The van der Waals surface area contributed by atoms with Crippen molar-refractivity contribution < 1.29 is 4.79 Å². The van der Waals surface area contributed by atoms with E-state index in [1.165, 1.54) is 5.56 Å². The van der Waals surface area contributed by atoms with Crippen LogP contribution >= 0.6 is 15.9 Å². The number of carbonyl (C=O) groups excluding carboxylic acids is 1. The quantitative estimate of drug-likeness (QED) is 0.694. The van der Waals surface area contributed by atoms with Gasteiger partial charge in [-0.2, -0.15) is 0 Å². The zero-order valence-corrected chi connectivity index (χ0v) is 17.3. The number of benzene rings is 1. The van der Waals surface area contributed by atoms with Gasteiger partial charge in [0.15, 0.2) is 0 Å². The average molecular weight is 431 g/mol. The van der Waals surface area contributed by atoms with Gasteiger partial charge in [-0.15, -0.1) is 0 Å². The maximum atomic E-state index is 11.9. The van der Waals surface area contributed by atoms with Crippen molar-refractivity contribution in [3.8, 4) is 0 Å². The first-order chi connectivity index (χ1) is 13.1. The minimum atomic E-state index is -0.0582. The molecule has 1 aliphatic rings. The van der Waals surface area contributed by atoms with Crippen molar-refractivity contribution in [1.82, 2.24) is 15.2 Å². The molecule has 1 saturated heterocycles. The minimum absolute atomic E-state index is 0.0582. The number of likely N-dealkylation sites (tertiary alicyclic amines) is 1. The van der Waals surface area contributed by atoms with Crippen LogP contribution in [0.1, 0.15) is 42.1 Å². The number of amides is 1. The molecule has 0 radical (unpaired) electrons. The van der Waals surface area contributed by atoms with Gasteiger partial charge in [-0.25, -0.2) is 4.98 Å². The summed E-state index contributed by atoms with van der Waals surface area (Å²) in [5, 5.41) is 6.38. The first-order valence-electron chi connectivity index (χ1n) is 9.61. The van der Waals surface area contributed by atoms with Crippen molar-refractivity contribution >= 4 is 27.7 Å². The Morgan fingerprint density at radius 3 is 2.56 bits per heavy atom. The molecule has 1 fully saturated rings. The fourth-order valence-corrected chi connectivity index (χ4v) is 3.51. The van der Waals surface area contributed by atoms with Crippen molar-refractivity contribution in [3.05, 3.63) is 58.2 Å². The van der Waals surface area contributed by atoms with Crippen molar-refractivity contribution in [2.45, 2.75) is 38.8 Å². The molecular weight excluding hydrogens is 404 g/mol. The summed E-state index contributed by atoms with van der Waals surface area (Å²) in [6, 6.07) is 12.7. The predicted molar refractivity (Wildman–Crippen MR) is 113 cm³/mol. The van der Waals surface area contributed by atoms with E-state index in [0.717, 1.165) is 49.2 Å². The number of nitrogens with zero attached hydrogens (tertiary/aromatic N) is 2. The Morgan fingerprint density at radius 1 is 1.19 bits per heavy atom. The Labute approximate surface area is 169 Å². The van der Waals surface area contributed by atoms with Crippen molar-refractivity contribution in [2.75, 3.05) is 25.0 Å². The highest BCUT2D eigenvalue weighted by Crippen LogP contribution is 2.18. The Hall–Kier alpha value is -1.92. The lowest BCUT2D eigenvalue weighted by Gasteiger charge is -2.32. The smallest absolute Gasteiger partial charge is 0.252 e. The van der Waals surface area contributed by atoms with Crippen molar-refractivity contribution in [2.24, 2.45) is 0 Å². The molecule has 3 rings (SSSR count). The molecular formula is C21H27BrN4O. The van der Waals surface area contributed by atoms with Crippen LogP contribution in [-0.2, 0) is 6.54 Å². The van der Waals surface area contributed by atoms with E-state index in [0.29, 0.717) is 18.2 Å². The maximum Gasteiger partial charge on any atom is 0.252 e. The summed E-state index contributed by atoms with van der Waals surface area (Å²) in [6.07, 6.45) is 4.77. The van der Waals surface area contributed by atoms with Gasteiger partial charge < -0.3 is 10.6 Å². The molecule has 0 unspecified atom stereocenters. The van der Waals surface area contributed by atoms with Gasteiger partial charge in [0, 0.05) is 42.9 Å². The van der Waals surface area contributed by atoms with Crippen LogP contribution in [0.4, 0.5) is 5.82 Å². The molecule has 0 bridgehead atoms. The number of nitrogens with one attached hydrogen (secondary N) is 2. The highest BCUT2D eigenvalue weighted by atomic mass is 79.9. The van der Waals surface area contributed by atoms with Crippen LogP contribution in [0.5, 0.6) is 0 Å². The molecule has 0 saturated carbocycles. The van der Waals surface area contributed by atoms with Crippen LogP contribution in [-0.4, -0.2) is 41.5 Å². The van der Waals surface area contributed by atoms with Crippen molar-refractivity contribution in [3.63, 3.8) is 0 Å². The second-order valence-corrected chi connectivity index (χ2v) is 7.92. The minimum Gasteiger partial charge on any atom is -0.367 e. The Balaban J connectivity index is 1.44. The van der Waals surface area contributed by atoms with Gasteiger partial charge in [0.25, 0.3) is 5.91 Å². The van der Waals surface area contributed by atoms with Gasteiger partial charge in [0.05, 0.1) is 5.56 Å². The van der Waals surface area contributed by atoms with Crippen LogP contribution in [0, 0.1) is 0 Å². The van der Waals surface area contributed by atoms with Gasteiger partial charge in [0.1, 0.15) is 5.82 Å². The lowest BCUT2D eigenvalue weighted by Crippen LogP contribution is -2.38. The topological polar surface area (TPSA) is 57.3 Å². The zero-order valence-electron chi connectivity index (χ0n) is 15.7. The van der Waals surface area contributed by atoms with Gasteiger partial charge in [-0.3, -0.25) is 9.69 Å². The van der Waals surface area contributed by atoms with Crippen LogP contribution in [0.15, 0.2) is 47.1 Å². The highest BCUT2D eigenvalue weighted by Gasteiger charge is 2.19. The van der Waals surface area contributed by atoms with Crippen molar-refractivity contribution in [1.29, 1.82) is 0 Å². The van der Waals surface area contributed by atoms with E-state index in [-0.39, 0.29) is 5.91 Å².